The van der Waals surface area contributed by atoms with E-state index in [4.69, 9.17) is 5.11 Å². The molecule has 2 atom stereocenters. The lowest BCUT2D eigenvalue weighted by molar-refractivity contribution is -0.138. The van der Waals surface area contributed by atoms with Crippen LogP contribution in [0.25, 0.3) is 0 Å². The van der Waals surface area contributed by atoms with E-state index in [0.717, 1.165) is 6.42 Å². The third-order valence-corrected chi connectivity index (χ3v) is 4.76. The Morgan fingerprint density at radius 2 is 2.26 bits per heavy atom. The number of thiophene rings is 1. The molecule has 19 heavy (non-hydrogen) atoms. The molecule has 104 valence electrons. The molecule has 1 fully saturated rings. The van der Waals surface area contributed by atoms with Crippen molar-refractivity contribution in [2.75, 3.05) is 13.6 Å². The van der Waals surface area contributed by atoms with Crippen LogP contribution < -0.4 is 0 Å². The van der Waals surface area contributed by atoms with E-state index in [2.05, 4.69) is 18.4 Å². The molecule has 1 amide bonds. The number of nitrogens with zero attached hydrogens (tertiary/aromatic N) is 1. The van der Waals surface area contributed by atoms with Crippen molar-refractivity contribution >= 4 is 23.2 Å². The maximum absolute atomic E-state index is 12.2. The molecule has 1 aliphatic carbocycles. The minimum absolute atomic E-state index is 0.104. The first-order valence-corrected chi connectivity index (χ1v) is 7.39. The molecule has 0 spiro atoms. The number of rotatable bonds is 6. The smallest absolute Gasteiger partial charge is 0.303 e. The van der Waals surface area contributed by atoms with Crippen molar-refractivity contribution in [1.82, 2.24) is 4.90 Å². The fourth-order valence-corrected chi connectivity index (χ4v) is 3.49. The number of carboxylic acid groups (broad SMARTS) is 1. The number of aliphatic carboxylic acids is 1. The molecule has 1 aliphatic rings. The molecule has 0 aromatic carbocycles. The summed E-state index contributed by atoms with van der Waals surface area (Å²) in [7, 11) is 1.76. The third-order valence-electron chi connectivity index (χ3n) is 3.61. The van der Waals surface area contributed by atoms with Crippen molar-refractivity contribution in [2.24, 2.45) is 5.92 Å². The van der Waals surface area contributed by atoms with E-state index in [1.807, 2.05) is 0 Å². The van der Waals surface area contributed by atoms with Gasteiger partial charge in [0.25, 0.3) is 0 Å². The highest BCUT2D eigenvalue weighted by Crippen LogP contribution is 2.51. The highest BCUT2D eigenvalue weighted by atomic mass is 32.1. The predicted molar refractivity (Wildman–Crippen MR) is 74.4 cm³/mol. The van der Waals surface area contributed by atoms with Gasteiger partial charge in [-0.15, -0.1) is 11.3 Å². The van der Waals surface area contributed by atoms with Crippen LogP contribution in [-0.4, -0.2) is 35.5 Å². The van der Waals surface area contributed by atoms with Gasteiger partial charge >= 0.3 is 5.97 Å². The van der Waals surface area contributed by atoms with Crippen molar-refractivity contribution in [3.05, 3.63) is 21.9 Å². The van der Waals surface area contributed by atoms with Crippen LogP contribution in [0.2, 0.25) is 0 Å². The van der Waals surface area contributed by atoms with Gasteiger partial charge in [0.2, 0.25) is 5.91 Å². The van der Waals surface area contributed by atoms with Crippen LogP contribution in [-0.2, 0) is 9.59 Å². The van der Waals surface area contributed by atoms with Gasteiger partial charge < -0.3 is 10.0 Å². The van der Waals surface area contributed by atoms with Crippen molar-refractivity contribution in [3.8, 4) is 0 Å². The topological polar surface area (TPSA) is 57.6 Å². The molecular formula is C14H19NO3S. The summed E-state index contributed by atoms with van der Waals surface area (Å²) >= 11 is 1.73. The molecule has 2 rings (SSSR count). The van der Waals surface area contributed by atoms with Crippen LogP contribution in [0.15, 0.2) is 11.4 Å². The Labute approximate surface area is 117 Å². The number of hydrogen-bond acceptors (Lipinski definition) is 3. The van der Waals surface area contributed by atoms with E-state index in [1.165, 1.54) is 10.4 Å². The molecule has 1 heterocycles. The lowest BCUT2D eigenvalue weighted by Gasteiger charge is -2.16. The average molecular weight is 281 g/mol. The Bertz CT molecular complexity index is 483. The summed E-state index contributed by atoms with van der Waals surface area (Å²) in [5.41, 5.74) is 1.28. The Balaban J connectivity index is 1.82. The second-order valence-corrected chi connectivity index (χ2v) is 6.12. The summed E-state index contributed by atoms with van der Waals surface area (Å²) in [5, 5.41) is 10.7. The summed E-state index contributed by atoms with van der Waals surface area (Å²) < 4.78 is 0. The van der Waals surface area contributed by atoms with Gasteiger partial charge in [-0.05, 0) is 36.8 Å². The van der Waals surface area contributed by atoms with Gasteiger partial charge in [0.15, 0.2) is 0 Å². The van der Waals surface area contributed by atoms with Gasteiger partial charge in [-0.3, -0.25) is 9.59 Å². The molecule has 0 saturated heterocycles. The van der Waals surface area contributed by atoms with Gasteiger partial charge in [-0.25, -0.2) is 0 Å². The summed E-state index contributed by atoms with van der Waals surface area (Å²) in [4.78, 5) is 25.6. The van der Waals surface area contributed by atoms with Gasteiger partial charge in [0, 0.05) is 36.7 Å². The van der Waals surface area contributed by atoms with Gasteiger partial charge in [0.1, 0.15) is 0 Å². The summed E-state index contributed by atoms with van der Waals surface area (Å²) in [6, 6.07) is 2.09. The van der Waals surface area contributed by atoms with Crippen molar-refractivity contribution in [1.29, 1.82) is 0 Å². The third kappa shape index (κ3) is 3.35. The average Bonchev–Trinajstić information content (AvgIpc) is 3.03. The van der Waals surface area contributed by atoms with Crippen molar-refractivity contribution in [2.45, 2.75) is 32.1 Å². The van der Waals surface area contributed by atoms with Crippen molar-refractivity contribution in [3.63, 3.8) is 0 Å². The van der Waals surface area contributed by atoms with Crippen LogP contribution in [0, 0.1) is 12.8 Å². The van der Waals surface area contributed by atoms with Crippen LogP contribution in [0.5, 0.6) is 0 Å². The van der Waals surface area contributed by atoms with E-state index < -0.39 is 5.97 Å². The number of aryl methyl sites for hydroxylation is 1. The number of hydrogen-bond donors (Lipinski definition) is 1. The normalized spacial score (nSPS) is 21.2. The highest BCUT2D eigenvalue weighted by molar-refractivity contribution is 7.10. The molecule has 1 N–H and O–H groups in total. The molecule has 4 nitrogen and oxygen atoms in total. The first-order valence-electron chi connectivity index (χ1n) is 6.51. The summed E-state index contributed by atoms with van der Waals surface area (Å²) in [6.45, 7) is 2.61. The molecule has 0 radical (unpaired) electrons. The second-order valence-electron chi connectivity index (χ2n) is 5.17. The number of carbonyl (C=O) groups excluding carboxylic acids is 1. The summed E-state index contributed by atoms with van der Waals surface area (Å²) in [5.74, 6) is -0.163. The molecule has 0 unspecified atom stereocenters. The Morgan fingerprint density at radius 3 is 2.84 bits per heavy atom. The SMILES string of the molecule is Cc1ccsc1[C@@H]1C[C@H]1C(=O)N(C)CCCC(=O)O. The maximum Gasteiger partial charge on any atom is 0.303 e. The zero-order valence-electron chi connectivity index (χ0n) is 11.3. The highest BCUT2D eigenvalue weighted by Gasteiger charge is 2.46. The van der Waals surface area contributed by atoms with E-state index in [1.54, 1.807) is 23.3 Å². The molecule has 0 bridgehead atoms. The molecule has 1 aromatic rings. The first kappa shape index (κ1) is 14.1. The lowest BCUT2D eigenvalue weighted by Crippen LogP contribution is -2.29. The molecule has 1 aromatic heterocycles. The number of amides is 1. The fourth-order valence-electron chi connectivity index (χ4n) is 2.38. The Hall–Kier alpha value is -1.36. The van der Waals surface area contributed by atoms with Crippen LogP contribution in [0.4, 0.5) is 0 Å². The van der Waals surface area contributed by atoms with E-state index in [-0.39, 0.29) is 18.2 Å². The van der Waals surface area contributed by atoms with Crippen LogP contribution >= 0.6 is 11.3 Å². The lowest BCUT2D eigenvalue weighted by atomic mass is 10.2. The van der Waals surface area contributed by atoms with E-state index in [0.29, 0.717) is 18.9 Å². The predicted octanol–water partition coefficient (Wildman–Crippen LogP) is 2.48. The number of carbonyl (C=O) groups is 2. The molecule has 5 heteroatoms. The van der Waals surface area contributed by atoms with Gasteiger partial charge in [-0.2, -0.15) is 0 Å². The Kier molecular flexibility index (Phi) is 4.24. The summed E-state index contributed by atoms with van der Waals surface area (Å²) in [6.07, 6.45) is 1.58. The molecule has 0 aliphatic heterocycles. The quantitative estimate of drug-likeness (QED) is 0.871. The molecule has 1 saturated carbocycles. The van der Waals surface area contributed by atoms with Crippen LogP contribution in [0.1, 0.15) is 35.6 Å². The van der Waals surface area contributed by atoms with Crippen molar-refractivity contribution < 1.29 is 14.7 Å². The zero-order chi connectivity index (χ0) is 14.0. The van der Waals surface area contributed by atoms with Gasteiger partial charge in [0.05, 0.1) is 0 Å². The van der Waals surface area contributed by atoms with E-state index >= 15 is 0 Å². The van der Waals surface area contributed by atoms with E-state index in [9.17, 15) is 9.59 Å². The zero-order valence-corrected chi connectivity index (χ0v) is 12.1. The maximum atomic E-state index is 12.2. The minimum atomic E-state index is -0.806. The Morgan fingerprint density at radius 1 is 1.53 bits per heavy atom. The largest absolute Gasteiger partial charge is 0.481 e. The fraction of sp³-hybridized carbons (Fsp3) is 0.571. The second kappa shape index (κ2) is 5.74. The first-order chi connectivity index (χ1) is 9.00. The minimum Gasteiger partial charge on any atom is -0.481 e. The van der Waals surface area contributed by atoms with Crippen LogP contribution in [0.3, 0.4) is 0 Å². The molecular weight excluding hydrogens is 262 g/mol. The number of carboxylic acids is 1. The monoisotopic (exact) mass is 281 g/mol. The standard InChI is InChI=1S/C14H19NO3S/c1-9-5-7-19-13(9)10-8-11(10)14(18)15(2)6-3-4-12(16)17/h5,7,10-11H,3-4,6,8H2,1-2H3,(H,16,17)/t10-,11-/m1/s1. The van der Waals surface area contributed by atoms with Gasteiger partial charge in [-0.1, -0.05) is 0 Å².